The Bertz CT molecular complexity index is 953. The summed E-state index contributed by atoms with van der Waals surface area (Å²) in [4.78, 5) is 28.5. The van der Waals surface area contributed by atoms with Crippen molar-refractivity contribution < 1.29 is 14.3 Å². The maximum atomic E-state index is 12.5. The van der Waals surface area contributed by atoms with Gasteiger partial charge in [-0.1, -0.05) is 0 Å². The van der Waals surface area contributed by atoms with Crippen LogP contribution >= 0.6 is 0 Å². The molecule has 0 aromatic carbocycles. The second kappa shape index (κ2) is 8.78. The number of aromatic nitrogens is 3. The molecule has 31 heavy (non-hydrogen) atoms. The molecule has 2 aliphatic rings. The van der Waals surface area contributed by atoms with Crippen LogP contribution in [-0.2, 0) is 22.4 Å². The topological polar surface area (TPSA) is 89.5 Å². The minimum atomic E-state index is -0.271. The third-order valence-corrected chi connectivity index (χ3v) is 5.32. The number of pyridine rings is 1. The highest BCUT2D eigenvalue weighted by Gasteiger charge is 2.25. The molecule has 0 atom stereocenters. The summed E-state index contributed by atoms with van der Waals surface area (Å²) in [5.41, 5.74) is 2.58. The molecule has 2 aromatic rings. The molecule has 1 N–H and O–H groups in total. The van der Waals surface area contributed by atoms with E-state index in [1.165, 1.54) is 0 Å². The smallest absolute Gasteiger partial charge is 0.239 e. The van der Waals surface area contributed by atoms with Crippen molar-refractivity contribution in [3.8, 4) is 17.3 Å². The van der Waals surface area contributed by atoms with Gasteiger partial charge < -0.3 is 19.7 Å². The Morgan fingerprint density at radius 3 is 2.81 bits per heavy atom. The van der Waals surface area contributed by atoms with E-state index in [1.54, 1.807) is 6.20 Å². The van der Waals surface area contributed by atoms with Gasteiger partial charge in [-0.05, 0) is 46.1 Å². The number of nitrogens with zero attached hydrogens (tertiary/aromatic N) is 4. The van der Waals surface area contributed by atoms with Crippen molar-refractivity contribution in [1.82, 2.24) is 20.3 Å². The average molecular weight is 426 g/mol. The molecule has 4 rings (SSSR count). The molecule has 0 unspecified atom stereocenters. The lowest BCUT2D eigenvalue weighted by molar-refractivity contribution is -0.121. The largest absolute Gasteiger partial charge is 0.493 e. The fraction of sp³-hybridized carbons (Fsp3) is 0.565. The van der Waals surface area contributed by atoms with Crippen molar-refractivity contribution in [3.63, 3.8) is 0 Å². The molecule has 0 bridgehead atoms. The Kier molecular flexibility index (Phi) is 6.09. The first kappa shape index (κ1) is 21.5. The first-order valence-corrected chi connectivity index (χ1v) is 10.9. The van der Waals surface area contributed by atoms with Gasteiger partial charge in [-0.25, -0.2) is 9.97 Å². The molecule has 166 valence electrons. The molecule has 1 fully saturated rings. The Hall–Kier alpha value is -2.74. The van der Waals surface area contributed by atoms with Crippen molar-refractivity contribution in [1.29, 1.82) is 0 Å². The highest BCUT2D eigenvalue weighted by Crippen LogP contribution is 2.31. The van der Waals surface area contributed by atoms with Crippen LogP contribution in [0.25, 0.3) is 11.5 Å². The van der Waals surface area contributed by atoms with Gasteiger partial charge in [0.2, 0.25) is 5.91 Å². The number of ether oxygens (including phenoxy) is 2. The fourth-order valence-electron chi connectivity index (χ4n) is 3.81. The third-order valence-electron chi connectivity index (χ3n) is 5.32. The van der Waals surface area contributed by atoms with Gasteiger partial charge in [-0.15, -0.1) is 0 Å². The number of carbonyl (C=O) groups excluding carboxylic acids is 1. The number of amides is 1. The molecule has 0 spiro atoms. The minimum absolute atomic E-state index is 0.0320. The lowest BCUT2D eigenvalue weighted by atomic mass is 10.1. The van der Waals surface area contributed by atoms with Crippen LogP contribution in [0.15, 0.2) is 18.3 Å². The summed E-state index contributed by atoms with van der Waals surface area (Å²) >= 11 is 0. The number of hydrogen-bond acceptors (Lipinski definition) is 7. The zero-order valence-corrected chi connectivity index (χ0v) is 18.8. The SMILES string of the molecule is CN(CC(=O)NC(C)(C)C)c1nc(-c2cc(OCC3COC3)ccn2)nc2c1CCC2. The van der Waals surface area contributed by atoms with Crippen molar-refractivity contribution >= 4 is 11.7 Å². The lowest BCUT2D eigenvalue weighted by Gasteiger charge is -2.25. The number of hydrogen-bond donors (Lipinski definition) is 1. The van der Waals surface area contributed by atoms with Crippen LogP contribution in [0.4, 0.5) is 5.82 Å². The van der Waals surface area contributed by atoms with Crippen LogP contribution in [0.5, 0.6) is 5.75 Å². The van der Waals surface area contributed by atoms with Crippen molar-refractivity contribution in [2.24, 2.45) is 5.92 Å². The number of nitrogens with one attached hydrogen (secondary N) is 1. The van der Waals surface area contributed by atoms with E-state index in [1.807, 2.05) is 44.9 Å². The monoisotopic (exact) mass is 425 g/mol. The normalized spacial score (nSPS) is 15.9. The number of rotatable bonds is 7. The van der Waals surface area contributed by atoms with E-state index in [9.17, 15) is 4.79 Å². The van der Waals surface area contributed by atoms with Crippen molar-refractivity contribution in [3.05, 3.63) is 29.6 Å². The van der Waals surface area contributed by atoms with Crippen LogP contribution in [0, 0.1) is 5.92 Å². The van der Waals surface area contributed by atoms with E-state index < -0.39 is 0 Å². The average Bonchev–Trinajstić information content (AvgIpc) is 3.13. The molecule has 2 aromatic heterocycles. The Labute approximate surface area is 183 Å². The minimum Gasteiger partial charge on any atom is -0.493 e. The molecule has 1 amide bonds. The van der Waals surface area contributed by atoms with Gasteiger partial charge >= 0.3 is 0 Å². The lowest BCUT2D eigenvalue weighted by Crippen LogP contribution is -2.45. The van der Waals surface area contributed by atoms with Crippen LogP contribution in [-0.4, -0.2) is 59.8 Å². The van der Waals surface area contributed by atoms with Gasteiger partial charge in [0, 0.05) is 42.0 Å². The van der Waals surface area contributed by atoms with Crippen molar-refractivity contribution in [2.75, 3.05) is 38.3 Å². The standard InChI is InChI=1S/C23H31N5O3/c1-23(2,3)27-20(29)11-28(4)22-17-6-5-7-18(17)25-21(26-22)19-10-16(8-9-24-19)31-14-15-12-30-13-15/h8-10,15H,5-7,11-14H2,1-4H3,(H,27,29). The Morgan fingerprint density at radius 1 is 1.29 bits per heavy atom. The van der Waals surface area contributed by atoms with Crippen LogP contribution in [0.1, 0.15) is 38.4 Å². The number of anilines is 1. The summed E-state index contributed by atoms with van der Waals surface area (Å²) in [7, 11) is 1.90. The summed E-state index contributed by atoms with van der Waals surface area (Å²) in [5, 5.41) is 3.01. The molecule has 1 aliphatic carbocycles. The summed E-state index contributed by atoms with van der Waals surface area (Å²) < 4.78 is 11.1. The fourth-order valence-corrected chi connectivity index (χ4v) is 3.81. The maximum Gasteiger partial charge on any atom is 0.239 e. The van der Waals surface area contributed by atoms with Gasteiger partial charge in [0.1, 0.15) is 17.3 Å². The number of carbonyl (C=O) groups is 1. The van der Waals surface area contributed by atoms with Crippen LogP contribution in [0.3, 0.4) is 0 Å². The Balaban J connectivity index is 1.56. The molecule has 8 nitrogen and oxygen atoms in total. The van der Waals surface area contributed by atoms with E-state index in [0.29, 0.717) is 24.0 Å². The van der Waals surface area contributed by atoms with E-state index in [-0.39, 0.29) is 18.0 Å². The number of fused-ring (bicyclic) bond motifs is 1. The number of aryl methyl sites for hydroxylation is 1. The van der Waals surface area contributed by atoms with Crippen LogP contribution < -0.4 is 15.0 Å². The third kappa shape index (κ3) is 5.31. The van der Waals surface area contributed by atoms with E-state index in [4.69, 9.17) is 19.4 Å². The second-order valence-corrected chi connectivity index (χ2v) is 9.40. The van der Waals surface area contributed by atoms with Gasteiger partial charge in [0.25, 0.3) is 0 Å². The predicted octanol–water partition coefficient (Wildman–Crippen LogP) is 2.40. The van der Waals surface area contributed by atoms with Gasteiger partial charge in [-0.3, -0.25) is 9.78 Å². The van der Waals surface area contributed by atoms with E-state index in [0.717, 1.165) is 55.3 Å². The van der Waals surface area contributed by atoms with E-state index in [2.05, 4.69) is 10.3 Å². The summed E-state index contributed by atoms with van der Waals surface area (Å²) in [6.45, 7) is 8.30. The molecule has 3 heterocycles. The van der Waals surface area contributed by atoms with E-state index >= 15 is 0 Å². The molecule has 1 saturated heterocycles. The van der Waals surface area contributed by atoms with Crippen molar-refractivity contribution in [2.45, 2.75) is 45.6 Å². The number of likely N-dealkylation sites (N-methyl/N-ethyl adjacent to an activating group) is 1. The highest BCUT2D eigenvalue weighted by atomic mass is 16.5. The first-order chi connectivity index (χ1) is 14.8. The summed E-state index contributed by atoms with van der Waals surface area (Å²) in [6.07, 6.45) is 4.61. The van der Waals surface area contributed by atoms with Crippen LogP contribution in [0.2, 0.25) is 0 Å². The van der Waals surface area contributed by atoms with Gasteiger partial charge in [0.15, 0.2) is 5.82 Å². The zero-order chi connectivity index (χ0) is 22.0. The first-order valence-electron chi connectivity index (χ1n) is 10.9. The molecule has 0 saturated carbocycles. The maximum absolute atomic E-state index is 12.5. The molecule has 0 radical (unpaired) electrons. The molecule has 1 aliphatic heterocycles. The van der Waals surface area contributed by atoms with Gasteiger partial charge in [-0.2, -0.15) is 0 Å². The molecular weight excluding hydrogens is 394 g/mol. The van der Waals surface area contributed by atoms with Gasteiger partial charge in [0.05, 0.1) is 26.4 Å². The summed E-state index contributed by atoms with van der Waals surface area (Å²) in [5.74, 6) is 2.54. The highest BCUT2D eigenvalue weighted by molar-refractivity contribution is 5.82. The molecule has 8 heteroatoms. The molecular formula is C23H31N5O3. The Morgan fingerprint density at radius 2 is 2.10 bits per heavy atom. The quantitative estimate of drug-likeness (QED) is 0.729. The second-order valence-electron chi connectivity index (χ2n) is 9.40. The predicted molar refractivity (Wildman–Crippen MR) is 118 cm³/mol. The summed E-state index contributed by atoms with van der Waals surface area (Å²) in [6, 6.07) is 3.73. The zero-order valence-electron chi connectivity index (χ0n) is 18.8.